The number of hydrogen-bond donors (Lipinski definition) is 1. The van der Waals surface area contributed by atoms with E-state index >= 15 is 0 Å². The lowest BCUT2D eigenvalue weighted by Gasteiger charge is -2.39. The van der Waals surface area contributed by atoms with Crippen molar-refractivity contribution in [3.8, 4) is 0 Å². The number of benzene rings is 1. The Bertz CT molecular complexity index is 998. The Morgan fingerprint density at radius 3 is 2.81 bits per heavy atom. The van der Waals surface area contributed by atoms with Crippen LogP contribution in [0, 0.1) is 10.8 Å². The topological polar surface area (TPSA) is 76.3 Å². The van der Waals surface area contributed by atoms with Gasteiger partial charge in [0, 0.05) is 40.5 Å². The van der Waals surface area contributed by atoms with Gasteiger partial charge in [-0.25, -0.2) is 0 Å². The van der Waals surface area contributed by atoms with Gasteiger partial charge >= 0.3 is 0 Å². The second-order valence-corrected chi connectivity index (χ2v) is 8.83. The molecule has 140 valence electrons. The first-order valence-electron chi connectivity index (χ1n) is 9.07. The summed E-state index contributed by atoms with van der Waals surface area (Å²) >= 11 is 6.00. The van der Waals surface area contributed by atoms with Crippen molar-refractivity contribution in [1.82, 2.24) is 9.88 Å². The van der Waals surface area contributed by atoms with Gasteiger partial charge in [-0.1, -0.05) is 31.5 Å². The van der Waals surface area contributed by atoms with Crippen molar-refractivity contribution in [3.63, 3.8) is 0 Å². The maximum Gasteiger partial charge on any atom is 0.255 e. The number of likely N-dealkylation sites (tertiary alicyclic amines) is 1. The molecule has 0 saturated carbocycles. The number of amides is 1. The fraction of sp³-hybridized carbons (Fsp3) is 0.381. The molecular formula is C21H22ClN3O2. The van der Waals surface area contributed by atoms with Crippen LogP contribution in [-0.2, 0) is 4.79 Å². The lowest BCUT2D eigenvalue weighted by atomic mass is 9.65. The van der Waals surface area contributed by atoms with Crippen LogP contribution < -0.4 is 5.73 Å². The summed E-state index contributed by atoms with van der Waals surface area (Å²) in [6.45, 7) is 5.08. The molecule has 1 aliphatic heterocycles. The van der Waals surface area contributed by atoms with Crippen molar-refractivity contribution < 1.29 is 9.59 Å². The van der Waals surface area contributed by atoms with Gasteiger partial charge < -0.3 is 10.6 Å². The highest BCUT2D eigenvalue weighted by Crippen LogP contribution is 2.47. The summed E-state index contributed by atoms with van der Waals surface area (Å²) < 4.78 is 0. The number of fused-ring (bicyclic) bond motifs is 1. The number of nitrogens with two attached hydrogens (primary N) is 1. The van der Waals surface area contributed by atoms with Gasteiger partial charge in [-0.2, -0.15) is 0 Å². The Kier molecular flexibility index (Phi) is 4.04. The van der Waals surface area contributed by atoms with Gasteiger partial charge in [0.25, 0.3) is 5.91 Å². The van der Waals surface area contributed by atoms with E-state index in [2.05, 4.69) is 4.98 Å². The lowest BCUT2D eigenvalue weighted by molar-refractivity contribution is -0.125. The predicted octanol–water partition coefficient (Wildman–Crippen LogP) is 3.56. The summed E-state index contributed by atoms with van der Waals surface area (Å²) in [5, 5.41) is 1.50. The largest absolute Gasteiger partial charge is 0.396 e. The molecule has 2 N–H and O–H groups in total. The molecule has 2 aliphatic rings. The van der Waals surface area contributed by atoms with Gasteiger partial charge in [0.15, 0.2) is 5.78 Å². The molecule has 0 unspecified atom stereocenters. The van der Waals surface area contributed by atoms with E-state index in [1.54, 1.807) is 18.3 Å². The molecular weight excluding hydrogens is 362 g/mol. The predicted molar refractivity (Wildman–Crippen MR) is 105 cm³/mol. The molecule has 2 heterocycles. The first-order valence-corrected chi connectivity index (χ1v) is 9.45. The minimum atomic E-state index is -0.498. The molecule has 1 saturated heterocycles. The number of allylic oxidation sites excluding steroid dienone is 1. The minimum Gasteiger partial charge on any atom is -0.396 e. The molecule has 1 fully saturated rings. The second-order valence-electron chi connectivity index (χ2n) is 8.39. The molecule has 0 radical (unpaired) electrons. The standard InChI is InChI=1S/C21H22ClN3O2/c1-20(2)11-21(9-16(23)18(20)26)5-6-25(12-21)19(27)14-7-13-3-4-15(22)8-17(13)24-10-14/h3-4,7-10H,5-6,11-12,23H2,1-2H3/t21-/m1/s1. The zero-order valence-electron chi connectivity index (χ0n) is 15.5. The van der Waals surface area contributed by atoms with Crippen LogP contribution in [0.5, 0.6) is 0 Å². The van der Waals surface area contributed by atoms with E-state index in [0.717, 1.165) is 17.3 Å². The van der Waals surface area contributed by atoms with E-state index in [1.807, 2.05) is 37.0 Å². The molecule has 6 heteroatoms. The molecule has 27 heavy (non-hydrogen) atoms. The van der Waals surface area contributed by atoms with Crippen LogP contribution >= 0.6 is 11.6 Å². The smallest absolute Gasteiger partial charge is 0.255 e. The minimum absolute atomic E-state index is 0.00436. The van der Waals surface area contributed by atoms with Crippen LogP contribution in [0.4, 0.5) is 0 Å². The second kappa shape index (κ2) is 6.06. The van der Waals surface area contributed by atoms with E-state index in [0.29, 0.717) is 35.8 Å². The first kappa shape index (κ1) is 18.0. The number of carbonyl (C=O) groups is 2. The van der Waals surface area contributed by atoms with Gasteiger partial charge in [-0.05, 0) is 37.1 Å². The monoisotopic (exact) mass is 383 g/mol. The summed E-state index contributed by atoms with van der Waals surface area (Å²) in [6, 6.07) is 7.29. The van der Waals surface area contributed by atoms with Gasteiger partial charge in [-0.15, -0.1) is 0 Å². The molecule has 1 aliphatic carbocycles. The summed E-state index contributed by atoms with van der Waals surface area (Å²) in [7, 11) is 0. The third-order valence-electron chi connectivity index (χ3n) is 5.70. The molecule has 1 aromatic heterocycles. The molecule has 0 bridgehead atoms. The maximum absolute atomic E-state index is 13.0. The SMILES string of the molecule is CC1(C)C[C@]2(C=C(N)C1=O)CCN(C(=O)c1cnc3cc(Cl)ccc3c1)C2. The number of pyridine rings is 1. The number of aromatic nitrogens is 1. The van der Waals surface area contributed by atoms with Crippen molar-refractivity contribution >= 4 is 34.2 Å². The highest BCUT2D eigenvalue weighted by Gasteiger charge is 2.48. The van der Waals surface area contributed by atoms with E-state index < -0.39 is 5.41 Å². The van der Waals surface area contributed by atoms with Gasteiger partial charge in [0.2, 0.25) is 0 Å². The first-order chi connectivity index (χ1) is 12.7. The Morgan fingerprint density at radius 1 is 1.30 bits per heavy atom. The van der Waals surface area contributed by atoms with E-state index in [1.165, 1.54) is 0 Å². The highest BCUT2D eigenvalue weighted by molar-refractivity contribution is 6.31. The van der Waals surface area contributed by atoms with E-state index in [9.17, 15) is 9.59 Å². The van der Waals surface area contributed by atoms with Crippen LogP contribution in [0.3, 0.4) is 0 Å². The van der Waals surface area contributed by atoms with Crippen LogP contribution in [0.1, 0.15) is 37.0 Å². The van der Waals surface area contributed by atoms with Crippen LogP contribution in [0.25, 0.3) is 10.9 Å². The Balaban J connectivity index is 1.60. The zero-order valence-corrected chi connectivity index (χ0v) is 16.2. The highest BCUT2D eigenvalue weighted by atomic mass is 35.5. The maximum atomic E-state index is 13.0. The molecule has 4 rings (SSSR count). The van der Waals surface area contributed by atoms with E-state index in [-0.39, 0.29) is 17.1 Å². The molecule has 1 spiro atoms. The van der Waals surface area contributed by atoms with Gasteiger partial charge in [0.1, 0.15) is 0 Å². The number of hydrogen-bond acceptors (Lipinski definition) is 4. The van der Waals surface area contributed by atoms with Crippen molar-refractivity contribution in [1.29, 1.82) is 0 Å². The lowest BCUT2D eigenvalue weighted by Crippen LogP contribution is -2.42. The van der Waals surface area contributed by atoms with Gasteiger partial charge in [0.05, 0.1) is 16.8 Å². The Hall–Kier alpha value is -2.40. The summed E-state index contributed by atoms with van der Waals surface area (Å²) in [5.41, 5.74) is 6.93. The fourth-order valence-corrected chi connectivity index (χ4v) is 4.69. The normalized spacial score (nSPS) is 24.5. The van der Waals surface area contributed by atoms with Gasteiger partial charge in [-0.3, -0.25) is 14.6 Å². The molecule has 1 atom stereocenters. The Morgan fingerprint density at radius 2 is 2.07 bits per heavy atom. The van der Waals surface area contributed by atoms with Crippen molar-refractivity contribution in [2.45, 2.75) is 26.7 Å². The van der Waals surface area contributed by atoms with Crippen LogP contribution in [-0.4, -0.2) is 34.7 Å². The average molecular weight is 384 g/mol. The molecule has 1 amide bonds. The Labute approximate surface area is 163 Å². The summed E-state index contributed by atoms with van der Waals surface area (Å²) in [4.78, 5) is 31.5. The molecule has 5 nitrogen and oxygen atoms in total. The van der Waals surface area contributed by atoms with Crippen molar-refractivity contribution in [3.05, 3.63) is 52.8 Å². The van der Waals surface area contributed by atoms with Crippen molar-refractivity contribution in [2.24, 2.45) is 16.6 Å². The molecule has 2 aromatic rings. The zero-order chi connectivity index (χ0) is 19.4. The number of halogens is 1. The number of rotatable bonds is 1. The third-order valence-corrected chi connectivity index (χ3v) is 5.93. The number of Topliss-reactive ketones (excluding diaryl/α,β-unsaturated/α-hetero) is 1. The van der Waals surface area contributed by atoms with Crippen molar-refractivity contribution in [2.75, 3.05) is 13.1 Å². The third kappa shape index (κ3) is 3.10. The van der Waals surface area contributed by atoms with E-state index in [4.69, 9.17) is 17.3 Å². The number of ketones is 1. The summed E-state index contributed by atoms with van der Waals surface area (Å²) in [6.07, 6.45) is 5.00. The molecule has 1 aromatic carbocycles. The summed E-state index contributed by atoms with van der Waals surface area (Å²) in [5.74, 6) is -0.0480. The number of nitrogens with zero attached hydrogens (tertiary/aromatic N) is 2. The quantitative estimate of drug-likeness (QED) is 0.816. The van der Waals surface area contributed by atoms with Crippen LogP contribution in [0.2, 0.25) is 5.02 Å². The number of carbonyl (C=O) groups excluding carboxylic acids is 2. The fourth-order valence-electron chi connectivity index (χ4n) is 4.52. The van der Waals surface area contributed by atoms with Crippen LogP contribution in [0.15, 0.2) is 42.2 Å². The average Bonchev–Trinajstić information content (AvgIpc) is 3.01.